The summed E-state index contributed by atoms with van der Waals surface area (Å²) in [6, 6.07) is 7.90. The van der Waals surface area contributed by atoms with Gasteiger partial charge in [0.1, 0.15) is 4.70 Å². The van der Waals surface area contributed by atoms with Crippen LogP contribution in [0, 0.1) is 6.92 Å². The summed E-state index contributed by atoms with van der Waals surface area (Å²) in [4.78, 5) is 11.8. The molecule has 1 aromatic carbocycles. The van der Waals surface area contributed by atoms with Crippen molar-refractivity contribution in [2.75, 3.05) is 0 Å². The molecule has 0 N–H and O–H groups in total. The molecule has 0 atom stereocenters. The van der Waals surface area contributed by atoms with Crippen LogP contribution >= 0.6 is 11.3 Å². The zero-order chi connectivity index (χ0) is 10.4. The predicted octanol–water partition coefficient (Wildman–Crippen LogP) is 3.32. The first-order valence-electron chi connectivity index (χ1n) is 4.67. The van der Waals surface area contributed by atoms with E-state index in [1.54, 1.807) is 6.92 Å². The van der Waals surface area contributed by atoms with E-state index in [-0.39, 0.29) is 5.43 Å². The molecule has 0 spiro atoms. The van der Waals surface area contributed by atoms with Crippen molar-refractivity contribution in [1.29, 1.82) is 0 Å². The maximum Gasteiger partial charge on any atom is 0.205 e. The Hall–Kier alpha value is -1.61. The van der Waals surface area contributed by atoms with Crippen molar-refractivity contribution < 1.29 is 4.42 Å². The van der Waals surface area contributed by atoms with Gasteiger partial charge in [-0.15, -0.1) is 11.3 Å². The van der Waals surface area contributed by atoms with E-state index in [2.05, 4.69) is 0 Å². The Morgan fingerprint density at radius 3 is 2.93 bits per heavy atom. The number of hydrogen-bond acceptors (Lipinski definition) is 3. The summed E-state index contributed by atoms with van der Waals surface area (Å²) in [6.45, 7) is 1.77. The summed E-state index contributed by atoms with van der Waals surface area (Å²) in [7, 11) is 0. The molecule has 0 saturated carbocycles. The lowest BCUT2D eigenvalue weighted by atomic mass is 10.2. The van der Waals surface area contributed by atoms with Gasteiger partial charge >= 0.3 is 0 Å². The lowest BCUT2D eigenvalue weighted by molar-refractivity contribution is 0.602. The van der Waals surface area contributed by atoms with Crippen molar-refractivity contribution in [2.24, 2.45) is 0 Å². The monoisotopic (exact) mass is 216 g/mol. The fourth-order valence-electron chi connectivity index (χ4n) is 1.67. The summed E-state index contributed by atoms with van der Waals surface area (Å²) in [6.07, 6.45) is 1.53. The Morgan fingerprint density at radius 1 is 1.27 bits per heavy atom. The van der Waals surface area contributed by atoms with Gasteiger partial charge in [-0.1, -0.05) is 12.1 Å². The lowest BCUT2D eigenvalue weighted by Gasteiger charge is -1.91. The number of benzene rings is 1. The second-order valence-electron chi connectivity index (χ2n) is 3.50. The molecule has 0 bridgehead atoms. The van der Waals surface area contributed by atoms with E-state index in [1.807, 2.05) is 24.3 Å². The summed E-state index contributed by atoms with van der Waals surface area (Å²) in [5.74, 6) is 0. The van der Waals surface area contributed by atoms with E-state index in [4.69, 9.17) is 4.42 Å². The van der Waals surface area contributed by atoms with E-state index in [0.717, 1.165) is 14.8 Å². The number of hydrogen-bond donors (Lipinski definition) is 0. The van der Waals surface area contributed by atoms with Crippen molar-refractivity contribution in [3.05, 3.63) is 46.3 Å². The first-order valence-corrected chi connectivity index (χ1v) is 5.48. The molecular formula is C12H8O2S. The van der Waals surface area contributed by atoms with Gasteiger partial charge in [-0.3, -0.25) is 4.79 Å². The second-order valence-corrected chi connectivity index (χ2v) is 4.56. The standard InChI is InChI=1S/C12H8O2S/c1-7-6-14-11-8-4-2-3-5-9(8)15-12(11)10(7)13/h2-6H,1H3. The Morgan fingerprint density at radius 2 is 2.07 bits per heavy atom. The Kier molecular flexibility index (Phi) is 1.70. The van der Waals surface area contributed by atoms with Crippen molar-refractivity contribution >= 4 is 31.7 Å². The summed E-state index contributed by atoms with van der Waals surface area (Å²) < 4.78 is 7.30. The summed E-state index contributed by atoms with van der Waals surface area (Å²) in [5.41, 5.74) is 1.46. The molecule has 74 valence electrons. The molecule has 2 heterocycles. The predicted molar refractivity (Wildman–Crippen MR) is 62.6 cm³/mol. The van der Waals surface area contributed by atoms with Crippen LogP contribution in [0.15, 0.2) is 39.7 Å². The fourth-order valence-corrected chi connectivity index (χ4v) is 2.81. The third-order valence-corrected chi connectivity index (χ3v) is 3.62. The van der Waals surface area contributed by atoms with Crippen LogP contribution in [0.25, 0.3) is 20.4 Å². The number of rotatable bonds is 0. The van der Waals surface area contributed by atoms with Crippen LogP contribution in [0.2, 0.25) is 0 Å². The molecule has 2 nitrogen and oxygen atoms in total. The first-order chi connectivity index (χ1) is 7.27. The Balaban J connectivity index is 2.66. The normalized spacial score (nSPS) is 11.3. The SMILES string of the molecule is Cc1coc2c(sc3ccccc32)c1=O. The Labute approximate surface area is 89.8 Å². The van der Waals surface area contributed by atoms with E-state index in [1.165, 1.54) is 17.6 Å². The number of fused-ring (bicyclic) bond motifs is 3. The van der Waals surface area contributed by atoms with Crippen LogP contribution in [0.1, 0.15) is 5.56 Å². The highest BCUT2D eigenvalue weighted by molar-refractivity contribution is 7.25. The minimum absolute atomic E-state index is 0.0810. The quantitative estimate of drug-likeness (QED) is 0.577. The third kappa shape index (κ3) is 1.13. The number of thiophene rings is 1. The molecule has 0 aliphatic heterocycles. The van der Waals surface area contributed by atoms with Crippen LogP contribution in [0.5, 0.6) is 0 Å². The van der Waals surface area contributed by atoms with Gasteiger partial charge in [0.15, 0.2) is 5.58 Å². The minimum Gasteiger partial charge on any atom is -0.462 e. The maximum absolute atomic E-state index is 11.8. The highest BCUT2D eigenvalue weighted by Gasteiger charge is 2.10. The molecule has 0 fully saturated rings. The van der Waals surface area contributed by atoms with Gasteiger partial charge in [-0.2, -0.15) is 0 Å². The fraction of sp³-hybridized carbons (Fsp3) is 0.0833. The van der Waals surface area contributed by atoms with Crippen molar-refractivity contribution in [1.82, 2.24) is 0 Å². The molecule has 3 aromatic rings. The van der Waals surface area contributed by atoms with Gasteiger partial charge < -0.3 is 4.42 Å². The van der Waals surface area contributed by atoms with Crippen molar-refractivity contribution in [2.45, 2.75) is 6.92 Å². The smallest absolute Gasteiger partial charge is 0.205 e. The molecule has 3 heteroatoms. The van der Waals surface area contributed by atoms with Crippen LogP contribution in [0.4, 0.5) is 0 Å². The van der Waals surface area contributed by atoms with Gasteiger partial charge in [0, 0.05) is 15.6 Å². The minimum atomic E-state index is 0.0810. The zero-order valence-electron chi connectivity index (χ0n) is 8.11. The highest BCUT2D eigenvalue weighted by Crippen LogP contribution is 2.31. The largest absolute Gasteiger partial charge is 0.462 e. The van der Waals surface area contributed by atoms with Crippen LogP contribution in [-0.2, 0) is 0 Å². The second kappa shape index (κ2) is 2.94. The molecule has 0 unspecified atom stereocenters. The molecule has 3 rings (SSSR count). The Bertz CT molecular complexity index is 706. The van der Waals surface area contributed by atoms with Crippen LogP contribution in [0.3, 0.4) is 0 Å². The van der Waals surface area contributed by atoms with Gasteiger partial charge in [0.2, 0.25) is 5.43 Å². The van der Waals surface area contributed by atoms with Crippen LogP contribution < -0.4 is 5.43 Å². The molecule has 0 aliphatic carbocycles. The maximum atomic E-state index is 11.8. The van der Waals surface area contributed by atoms with E-state index >= 15 is 0 Å². The topological polar surface area (TPSA) is 30.2 Å². The average molecular weight is 216 g/mol. The van der Waals surface area contributed by atoms with Gasteiger partial charge in [0.05, 0.1) is 6.26 Å². The van der Waals surface area contributed by atoms with Crippen molar-refractivity contribution in [3.63, 3.8) is 0 Å². The van der Waals surface area contributed by atoms with E-state index < -0.39 is 0 Å². The zero-order valence-corrected chi connectivity index (χ0v) is 8.93. The molecule has 15 heavy (non-hydrogen) atoms. The molecule has 0 aliphatic rings. The summed E-state index contributed by atoms with van der Waals surface area (Å²) in [5, 5.41) is 1.02. The first kappa shape index (κ1) is 8.68. The van der Waals surface area contributed by atoms with E-state index in [9.17, 15) is 4.79 Å². The van der Waals surface area contributed by atoms with Gasteiger partial charge in [-0.05, 0) is 19.1 Å². The van der Waals surface area contributed by atoms with Gasteiger partial charge in [0.25, 0.3) is 0 Å². The third-order valence-electron chi connectivity index (χ3n) is 2.47. The van der Waals surface area contributed by atoms with Crippen molar-refractivity contribution in [3.8, 4) is 0 Å². The van der Waals surface area contributed by atoms with Crippen LogP contribution in [-0.4, -0.2) is 0 Å². The lowest BCUT2D eigenvalue weighted by Crippen LogP contribution is -2.01. The molecule has 0 saturated heterocycles. The summed E-state index contributed by atoms with van der Waals surface area (Å²) >= 11 is 1.50. The molecule has 0 amide bonds. The van der Waals surface area contributed by atoms with Gasteiger partial charge in [-0.25, -0.2) is 0 Å². The number of aryl methyl sites for hydroxylation is 1. The average Bonchev–Trinajstić information content (AvgIpc) is 2.63. The molecular weight excluding hydrogens is 208 g/mol. The van der Waals surface area contributed by atoms with E-state index in [0.29, 0.717) is 11.1 Å². The highest BCUT2D eigenvalue weighted by atomic mass is 32.1. The molecule has 0 radical (unpaired) electrons. The molecule has 2 aromatic heterocycles.